The highest BCUT2D eigenvalue weighted by molar-refractivity contribution is 5.92. The van der Waals surface area contributed by atoms with Gasteiger partial charge in [0, 0.05) is 0 Å². The van der Waals surface area contributed by atoms with E-state index < -0.39 is 17.4 Å². The first-order valence-electron chi connectivity index (χ1n) is 46.3. The van der Waals surface area contributed by atoms with Gasteiger partial charge >= 0.3 is 11.9 Å². The Balaban J connectivity index is 2.63. The van der Waals surface area contributed by atoms with Crippen molar-refractivity contribution < 1.29 is 57.0 Å². The van der Waals surface area contributed by atoms with Crippen LogP contribution < -0.4 is 28.4 Å². The van der Waals surface area contributed by atoms with Gasteiger partial charge in [-0.1, -0.05) is 400 Å². The van der Waals surface area contributed by atoms with Crippen molar-refractivity contribution in [3.05, 3.63) is 35.4 Å². The van der Waals surface area contributed by atoms with Crippen LogP contribution in [0, 0.1) is 30.1 Å². The third-order valence-electron chi connectivity index (χ3n) is 21.2. The molecule has 0 saturated heterocycles. The highest BCUT2D eigenvalue weighted by Crippen LogP contribution is 2.42. The average Bonchev–Trinajstić information content (AvgIpc) is 0.816. The first-order chi connectivity index (χ1) is 53.8. The number of carbonyl (C=O) groups is 2. The molecule has 0 aliphatic heterocycles. The molecule has 0 atom stereocenters. The van der Waals surface area contributed by atoms with Crippen molar-refractivity contribution in [1.82, 2.24) is 0 Å². The summed E-state index contributed by atoms with van der Waals surface area (Å²) in [5.41, 5.74) is -0.773. The predicted molar refractivity (Wildman–Crippen MR) is 459 cm³/mol. The van der Waals surface area contributed by atoms with Crippen LogP contribution in [0.3, 0.4) is 0 Å². The van der Waals surface area contributed by atoms with E-state index in [1.54, 1.807) is 24.3 Å². The number of unbranched alkanes of at least 4 members (excludes halogenated alkanes) is 54. The lowest BCUT2D eigenvalue weighted by molar-refractivity contribution is -0.0777. The molecule has 0 spiro atoms. The van der Waals surface area contributed by atoms with Gasteiger partial charge < -0.3 is 47.4 Å². The van der Waals surface area contributed by atoms with Crippen LogP contribution in [0.25, 0.3) is 0 Å². The molecule has 109 heavy (non-hydrogen) atoms. The van der Waals surface area contributed by atoms with Gasteiger partial charge in [0.2, 0.25) is 11.5 Å². The van der Waals surface area contributed by atoms with Crippen molar-refractivity contribution >= 4 is 11.9 Å². The van der Waals surface area contributed by atoms with Crippen LogP contribution in [-0.4, -0.2) is 91.2 Å². The summed E-state index contributed by atoms with van der Waals surface area (Å²) in [5, 5.41) is 0. The van der Waals surface area contributed by atoms with Crippen LogP contribution in [0.1, 0.15) is 448 Å². The van der Waals surface area contributed by atoms with Crippen LogP contribution in [0.5, 0.6) is 34.5 Å². The second-order valence-electron chi connectivity index (χ2n) is 31.8. The molecule has 0 aromatic heterocycles. The molecule has 0 unspecified atom stereocenters. The lowest BCUT2D eigenvalue weighted by atomic mass is 9.92. The standard InChI is InChI=1S/C97H168O12/c1-9-17-23-29-35-41-47-53-59-65-73-102-89-79-87(80-90(103-74-66-60-54-48-42-36-30-24-18-10-2)93(89)106-77-69-63-57-51-45-39-33-27-21-13-5)95(98)108-85-97(83-100-71-15-7,84-101-72-16-8)86-109-96(99)88-81-91(104-75-67-61-55-49-43-37-31-25-19-11-3)94(107-78-70-64-58-52-46-40-34-28-22-14-6)92(82-88)105-76-68-62-56-50-44-38-32-26-20-12-4/h7-8,79-82H,9-14,17-78,83-86H2,1-6H3. The van der Waals surface area contributed by atoms with Gasteiger partial charge in [0.15, 0.2) is 23.0 Å². The van der Waals surface area contributed by atoms with Gasteiger partial charge in [-0.25, -0.2) is 9.59 Å². The topological polar surface area (TPSA) is 126 Å². The van der Waals surface area contributed by atoms with Crippen molar-refractivity contribution in [3.8, 4) is 59.2 Å². The highest BCUT2D eigenvalue weighted by atomic mass is 16.6. The lowest BCUT2D eigenvalue weighted by Crippen LogP contribution is -2.43. The summed E-state index contributed by atoms with van der Waals surface area (Å²) >= 11 is 0. The molecule has 12 heteroatoms. The van der Waals surface area contributed by atoms with E-state index in [9.17, 15) is 9.59 Å². The molecule has 0 amide bonds. The Morgan fingerprint density at radius 2 is 0.431 bits per heavy atom. The third kappa shape index (κ3) is 56.2. The Bertz CT molecular complexity index is 2200. The molecule has 0 radical (unpaired) electrons. The van der Waals surface area contributed by atoms with Gasteiger partial charge in [0.05, 0.1) is 69.4 Å². The van der Waals surface area contributed by atoms with Gasteiger partial charge in [-0.15, -0.1) is 12.8 Å². The van der Waals surface area contributed by atoms with E-state index in [0.29, 0.717) is 74.1 Å². The number of ether oxygens (including phenoxy) is 10. The zero-order chi connectivity index (χ0) is 78.5. The van der Waals surface area contributed by atoms with Crippen LogP contribution in [0.15, 0.2) is 24.3 Å². The molecule has 0 bridgehead atoms. The molecule has 2 aromatic carbocycles. The summed E-state index contributed by atoms with van der Waals surface area (Å²) in [6, 6.07) is 6.95. The highest BCUT2D eigenvalue weighted by Gasteiger charge is 2.37. The number of carbonyl (C=O) groups excluding carboxylic acids is 2. The Hall–Kier alpha value is -4.78. The van der Waals surface area contributed by atoms with Crippen molar-refractivity contribution in [2.24, 2.45) is 5.41 Å². The van der Waals surface area contributed by atoms with E-state index in [1.807, 2.05) is 0 Å². The molecular weight excluding hydrogens is 1360 g/mol. The first kappa shape index (κ1) is 100. The van der Waals surface area contributed by atoms with Crippen molar-refractivity contribution in [1.29, 1.82) is 0 Å². The number of rotatable bonds is 84. The Morgan fingerprint density at radius 1 is 0.257 bits per heavy atom. The van der Waals surface area contributed by atoms with E-state index in [0.717, 1.165) is 103 Å². The summed E-state index contributed by atoms with van der Waals surface area (Å²) in [7, 11) is 0. The van der Waals surface area contributed by atoms with Gasteiger partial charge in [-0.2, -0.15) is 0 Å². The van der Waals surface area contributed by atoms with Crippen LogP contribution in [0.4, 0.5) is 0 Å². The van der Waals surface area contributed by atoms with E-state index >= 15 is 0 Å². The monoisotopic (exact) mass is 1530 g/mol. The SMILES string of the molecule is C#CCOCC(COCC#C)(COC(=O)c1cc(OCCCCCCCCCCCC)c(OCCCCCCCCCCCC)c(OCCCCCCCCCCCC)c1)COC(=O)c1cc(OCCCCCCCCCCCC)c(OCCCCCCCCCCCC)c(OCCCCCCCCCCCC)c1. The molecule has 0 heterocycles. The van der Waals surface area contributed by atoms with Gasteiger partial charge in [-0.05, 0) is 62.8 Å². The minimum Gasteiger partial charge on any atom is -0.490 e. The second kappa shape index (κ2) is 75.9. The van der Waals surface area contributed by atoms with Crippen molar-refractivity contribution in [2.45, 2.75) is 427 Å². The molecular formula is C97H168O12. The zero-order valence-electron chi connectivity index (χ0n) is 71.8. The maximum absolute atomic E-state index is 15.0. The van der Waals surface area contributed by atoms with E-state index in [2.05, 4.69) is 53.4 Å². The fourth-order valence-corrected chi connectivity index (χ4v) is 14.2. The average molecular weight is 1530 g/mol. The van der Waals surface area contributed by atoms with E-state index in [1.165, 1.54) is 283 Å². The summed E-state index contributed by atoms with van der Waals surface area (Å²) < 4.78 is 65.2. The van der Waals surface area contributed by atoms with Crippen molar-refractivity contribution in [3.63, 3.8) is 0 Å². The zero-order valence-corrected chi connectivity index (χ0v) is 71.8. The normalized spacial score (nSPS) is 11.4. The minimum atomic E-state index is -1.26. The van der Waals surface area contributed by atoms with Gasteiger partial charge in [0.25, 0.3) is 0 Å². The Kier molecular flexibility index (Phi) is 69.8. The smallest absolute Gasteiger partial charge is 0.338 e. The maximum atomic E-state index is 15.0. The van der Waals surface area contributed by atoms with Gasteiger partial charge in [0.1, 0.15) is 26.4 Å². The van der Waals surface area contributed by atoms with Crippen LogP contribution in [0.2, 0.25) is 0 Å². The number of esters is 2. The molecule has 0 N–H and O–H groups in total. The molecule has 0 saturated carbocycles. The number of terminal acetylenes is 2. The molecule has 12 nitrogen and oxygen atoms in total. The molecule has 628 valence electrons. The van der Waals surface area contributed by atoms with Crippen LogP contribution in [-0.2, 0) is 18.9 Å². The summed E-state index contributed by atoms with van der Waals surface area (Å²) in [6.07, 6.45) is 84.1. The largest absolute Gasteiger partial charge is 0.490 e. The maximum Gasteiger partial charge on any atom is 0.338 e. The Labute approximate surface area is 671 Å². The fraction of sp³-hybridized carbons (Fsp3) is 0.814. The quantitative estimate of drug-likeness (QED) is 0.0355. The van der Waals surface area contributed by atoms with Gasteiger partial charge in [-0.3, -0.25) is 0 Å². The second-order valence-corrected chi connectivity index (χ2v) is 31.8. The summed E-state index contributed by atoms with van der Waals surface area (Å²) in [4.78, 5) is 29.9. The van der Waals surface area contributed by atoms with Crippen molar-refractivity contribution in [2.75, 3.05) is 79.3 Å². The Morgan fingerprint density at radius 3 is 0.615 bits per heavy atom. The lowest BCUT2D eigenvalue weighted by Gasteiger charge is -2.32. The van der Waals surface area contributed by atoms with E-state index in [4.69, 9.17) is 60.2 Å². The summed E-state index contributed by atoms with van der Waals surface area (Å²) in [5.74, 6) is 6.77. The number of benzene rings is 2. The molecule has 0 aliphatic rings. The van der Waals surface area contributed by atoms with Crippen LogP contribution >= 0.6 is 0 Å². The number of hydrogen-bond donors (Lipinski definition) is 0. The first-order valence-corrected chi connectivity index (χ1v) is 46.3. The number of hydrogen-bond acceptors (Lipinski definition) is 12. The predicted octanol–water partition coefficient (Wildman–Crippen LogP) is 28.8. The molecule has 0 fully saturated rings. The minimum absolute atomic E-state index is 0.0427. The third-order valence-corrected chi connectivity index (χ3v) is 21.2. The molecule has 0 aliphatic carbocycles. The van der Waals surface area contributed by atoms with E-state index in [-0.39, 0.29) is 50.8 Å². The summed E-state index contributed by atoms with van der Waals surface area (Å²) in [6.45, 7) is 15.7. The molecule has 2 aromatic rings. The molecule has 2 rings (SSSR count). The fourth-order valence-electron chi connectivity index (χ4n) is 14.2.